The van der Waals surface area contributed by atoms with E-state index in [0.717, 1.165) is 25.0 Å². The van der Waals surface area contributed by atoms with Crippen LogP contribution in [0.15, 0.2) is 34.0 Å². The summed E-state index contributed by atoms with van der Waals surface area (Å²) in [6.07, 6.45) is 2.70. The van der Waals surface area contributed by atoms with Gasteiger partial charge in [0.25, 0.3) is 5.56 Å². The zero-order valence-corrected chi connectivity index (χ0v) is 12.3. The molecule has 1 saturated carbocycles. The number of hydrogen-bond acceptors (Lipinski definition) is 4. The summed E-state index contributed by atoms with van der Waals surface area (Å²) in [6, 6.07) is 4.18. The van der Waals surface area contributed by atoms with Crippen LogP contribution in [0.25, 0.3) is 0 Å². The molecule has 1 aromatic carbocycles. The second kappa shape index (κ2) is 5.85. The Bertz CT molecular complexity index is 997. The molecule has 1 aromatic heterocycles. The molecule has 0 saturated heterocycles. The van der Waals surface area contributed by atoms with Gasteiger partial charge in [0.15, 0.2) is 17.4 Å². The number of aromatic nitrogens is 2. The molecule has 0 radical (unpaired) electrons. The third-order valence-electron chi connectivity index (χ3n) is 3.80. The second-order valence-electron chi connectivity index (χ2n) is 5.52. The van der Waals surface area contributed by atoms with E-state index in [4.69, 9.17) is 5.26 Å². The number of hydrogen-bond donors (Lipinski definition) is 0. The predicted molar refractivity (Wildman–Crippen MR) is 78.6 cm³/mol. The number of nitriles is 1. The van der Waals surface area contributed by atoms with Crippen LogP contribution in [0.1, 0.15) is 34.8 Å². The lowest BCUT2D eigenvalue weighted by atomic mass is 10.1. The van der Waals surface area contributed by atoms with Crippen molar-refractivity contribution >= 4 is 5.78 Å². The van der Waals surface area contributed by atoms with Gasteiger partial charge in [-0.15, -0.1) is 0 Å². The maximum atomic E-state index is 13.2. The monoisotopic (exact) mass is 331 g/mol. The highest BCUT2D eigenvalue weighted by molar-refractivity contribution is 5.95. The van der Waals surface area contributed by atoms with Crippen LogP contribution >= 0.6 is 0 Å². The minimum absolute atomic E-state index is 0.0881. The Labute approximate surface area is 134 Å². The van der Waals surface area contributed by atoms with Crippen molar-refractivity contribution in [3.05, 3.63) is 68.0 Å². The van der Waals surface area contributed by atoms with Crippen LogP contribution in [0.5, 0.6) is 0 Å². The lowest BCUT2D eigenvalue weighted by molar-refractivity contribution is 0.0968. The number of ketones is 1. The molecular weight excluding hydrogens is 320 g/mol. The molecule has 1 heterocycles. The van der Waals surface area contributed by atoms with Gasteiger partial charge in [-0.1, -0.05) is 0 Å². The maximum absolute atomic E-state index is 13.2. The van der Waals surface area contributed by atoms with Gasteiger partial charge in [-0.25, -0.2) is 13.6 Å². The Morgan fingerprint density at radius 1 is 1.25 bits per heavy atom. The molecule has 6 nitrogen and oxygen atoms in total. The van der Waals surface area contributed by atoms with Crippen molar-refractivity contribution in [2.75, 3.05) is 0 Å². The molecule has 0 spiro atoms. The molecule has 1 aliphatic carbocycles. The van der Waals surface area contributed by atoms with Crippen LogP contribution in [0.2, 0.25) is 0 Å². The fourth-order valence-electron chi connectivity index (χ4n) is 2.36. The van der Waals surface area contributed by atoms with Crippen molar-refractivity contribution in [2.45, 2.75) is 25.4 Å². The second-order valence-corrected chi connectivity index (χ2v) is 5.52. The summed E-state index contributed by atoms with van der Waals surface area (Å²) >= 11 is 0. The van der Waals surface area contributed by atoms with E-state index in [-0.39, 0.29) is 17.2 Å². The Morgan fingerprint density at radius 3 is 2.54 bits per heavy atom. The standard InChI is InChI=1S/C16H11F2N3O3/c17-12-4-1-9(5-13(12)18)14(22)8-21-15(23)10(6-19)7-20(16(21)24)11-2-3-11/h1,4-5,7,11H,2-3,8H2. The summed E-state index contributed by atoms with van der Waals surface area (Å²) in [5.74, 6) is -3.04. The van der Waals surface area contributed by atoms with E-state index in [9.17, 15) is 23.2 Å². The van der Waals surface area contributed by atoms with E-state index >= 15 is 0 Å². The van der Waals surface area contributed by atoms with Gasteiger partial charge >= 0.3 is 5.69 Å². The zero-order chi connectivity index (χ0) is 17.4. The van der Waals surface area contributed by atoms with E-state index in [1.54, 1.807) is 6.07 Å². The first-order valence-electron chi connectivity index (χ1n) is 7.16. The molecule has 0 N–H and O–H groups in total. The van der Waals surface area contributed by atoms with Crippen LogP contribution < -0.4 is 11.2 Å². The van der Waals surface area contributed by atoms with Crippen molar-refractivity contribution in [1.29, 1.82) is 5.26 Å². The number of nitrogens with zero attached hydrogens (tertiary/aromatic N) is 3. The van der Waals surface area contributed by atoms with Crippen LogP contribution in [0.3, 0.4) is 0 Å². The van der Waals surface area contributed by atoms with Crippen molar-refractivity contribution in [1.82, 2.24) is 9.13 Å². The summed E-state index contributed by atoms with van der Waals surface area (Å²) in [5.41, 5.74) is -1.99. The van der Waals surface area contributed by atoms with Crippen LogP contribution in [0.4, 0.5) is 8.78 Å². The molecule has 1 aliphatic rings. The summed E-state index contributed by atoms with van der Waals surface area (Å²) in [5, 5.41) is 9.02. The first-order chi connectivity index (χ1) is 11.4. The predicted octanol–water partition coefficient (Wildman–Crippen LogP) is 1.38. The van der Waals surface area contributed by atoms with Crippen molar-refractivity contribution in [3.8, 4) is 6.07 Å². The molecule has 0 amide bonds. The number of carbonyl (C=O) groups excluding carboxylic acids is 1. The molecular formula is C16H11F2N3O3. The molecule has 0 unspecified atom stereocenters. The fourth-order valence-corrected chi connectivity index (χ4v) is 2.36. The number of benzene rings is 1. The third kappa shape index (κ3) is 2.76. The molecule has 122 valence electrons. The summed E-state index contributed by atoms with van der Waals surface area (Å²) in [6.45, 7) is -0.648. The van der Waals surface area contributed by atoms with Crippen molar-refractivity contribution in [2.24, 2.45) is 0 Å². The van der Waals surface area contributed by atoms with Crippen LogP contribution in [-0.2, 0) is 6.54 Å². The molecule has 0 atom stereocenters. The van der Waals surface area contributed by atoms with Gasteiger partial charge in [-0.2, -0.15) is 5.26 Å². The summed E-state index contributed by atoms with van der Waals surface area (Å²) in [4.78, 5) is 36.7. The minimum Gasteiger partial charge on any atom is -0.296 e. The smallest absolute Gasteiger partial charge is 0.296 e. The van der Waals surface area contributed by atoms with Gasteiger partial charge in [-0.05, 0) is 31.0 Å². The Kier molecular flexibility index (Phi) is 3.85. The first-order valence-corrected chi connectivity index (χ1v) is 7.16. The molecule has 2 aromatic rings. The van der Waals surface area contributed by atoms with E-state index in [2.05, 4.69) is 0 Å². The zero-order valence-electron chi connectivity index (χ0n) is 12.3. The topological polar surface area (TPSA) is 84.9 Å². The maximum Gasteiger partial charge on any atom is 0.331 e. The molecule has 24 heavy (non-hydrogen) atoms. The quantitative estimate of drug-likeness (QED) is 0.792. The molecule has 3 rings (SSSR count). The van der Waals surface area contributed by atoms with Gasteiger partial charge in [0.1, 0.15) is 11.6 Å². The van der Waals surface area contributed by atoms with Gasteiger partial charge in [0, 0.05) is 17.8 Å². The Balaban J connectivity index is 2.03. The van der Waals surface area contributed by atoms with Gasteiger partial charge < -0.3 is 0 Å². The van der Waals surface area contributed by atoms with Crippen LogP contribution in [-0.4, -0.2) is 14.9 Å². The van der Waals surface area contributed by atoms with Gasteiger partial charge in [-0.3, -0.25) is 18.7 Å². The summed E-state index contributed by atoms with van der Waals surface area (Å²) in [7, 11) is 0. The first kappa shape index (κ1) is 15.8. The number of carbonyl (C=O) groups is 1. The largest absolute Gasteiger partial charge is 0.331 e. The number of halogens is 2. The highest BCUT2D eigenvalue weighted by Crippen LogP contribution is 2.33. The fraction of sp³-hybridized carbons (Fsp3) is 0.250. The minimum atomic E-state index is -1.20. The average Bonchev–Trinajstić information content (AvgIpc) is 3.39. The highest BCUT2D eigenvalue weighted by Gasteiger charge is 2.27. The van der Waals surface area contributed by atoms with E-state index in [1.165, 1.54) is 10.8 Å². The van der Waals surface area contributed by atoms with Gasteiger partial charge in [0.2, 0.25) is 0 Å². The SMILES string of the molecule is N#Cc1cn(C2CC2)c(=O)n(CC(=O)c2ccc(F)c(F)c2)c1=O. The normalized spacial score (nSPS) is 13.5. The number of rotatable bonds is 4. The van der Waals surface area contributed by atoms with E-state index in [1.807, 2.05) is 0 Å². The van der Waals surface area contributed by atoms with E-state index < -0.39 is 35.2 Å². The Hall–Kier alpha value is -3.08. The molecule has 0 aliphatic heterocycles. The lowest BCUT2D eigenvalue weighted by Gasteiger charge is -2.10. The van der Waals surface area contributed by atoms with E-state index in [0.29, 0.717) is 10.6 Å². The van der Waals surface area contributed by atoms with Crippen LogP contribution in [0, 0.1) is 23.0 Å². The number of Topliss-reactive ketones (excluding diaryl/α,β-unsaturated/α-hetero) is 1. The lowest BCUT2D eigenvalue weighted by Crippen LogP contribution is -2.42. The average molecular weight is 331 g/mol. The highest BCUT2D eigenvalue weighted by atomic mass is 19.2. The molecule has 8 heteroatoms. The Morgan fingerprint density at radius 2 is 1.96 bits per heavy atom. The van der Waals surface area contributed by atoms with Gasteiger partial charge in [0.05, 0.1) is 6.54 Å². The molecule has 0 bridgehead atoms. The van der Waals surface area contributed by atoms with Crippen molar-refractivity contribution < 1.29 is 13.6 Å². The van der Waals surface area contributed by atoms with Crippen molar-refractivity contribution in [3.63, 3.8) is 0 Å². The molecule has 1 fully saturated rings. The third-order valence-corrected chi connectivity index (χ3v) is 3.80. The summed E-state index contributed by atoms with van der Waals surface area (Å²) < 4.78 is 28.1.